The van der Waals surface area contributed by atoms with E-state index in [9.17, 15) is 0 Å². The Hall–Kier alpha value is 1.48. The van der Waals surface area contributed by atoms with Crippen molar-refractivity contribution in [3.05, 3.63) is 0 Å². The predicted molar refractivity (Wildman–Crippen MR) is 77.3 cm³/mol. The summed E-state index contributed by atoms with van der Waals surface area (Å²) in [6.07, 6.45) is 0. The maximum Gasteiger partial charge on any atom is 0.105 e. The molecule has 1 saturated heterocycles. The third-order valence-corrected chi connectivity index (χ3v) is 46.4. The van der Waals surface area contributed by atoms with Gasteiger partial charge in [-0.25, -0.2) is 0 Å². The summed E-state index contributed by atoms with van der Waals surface area (Å²) in [5, 5.41) is 0. The Labute approximate surface area is 102 Å². The van der Waals surface area contributed by atoms with Crippen molar-refractivity contribution in [2.45, 2.75) is 39.3 Å². The molecule has 8 heteroatoms. The van der Waals surface area contributed by atoms with Crippen LogP contribution < -0.4 is 0 Å². The lowest BCUT2D eigenvalue weighted by Gasteiger charge is -2.47. The average molecular weight is 301 g/mol. The minimum atomic E-state index is -1.02. The van der Waals surface area contributed by atoms with Crippen LogP contribution >= 0.6 is 0 Å². The van der Waals surface area contributed by atoms with E-state index >= 15 is 0 Å². The van der Waals surface area contributed by atoms with E-state index in [-0.39, 0.29) is 7.99 Å². The second kappa shape index (κ2) is 4.77. The Morgan fingerprint density at radius 3 is 1.43 bits per heavy atom. The largest absolute Gasteiger partial charge is 0.375 e. The summed E-state index contributed by atoms with van der Waals surface area (Å²) in [7, 11) is 3.39. The second-order valence-electron chi connectivity index (χ2n) is 5.53. The molecule has 14 heavy (non-hydrogen) atoms. The zero-order chi connectivity index (χ0) is 11.0. The third-order valence-electron chi connectivity index (χ3n) is 1.99. The quantitative estimate of drug-likeness (QED) is 0.687. The van der Waals surface area contributed by atoms with E-state index in [1.165, 1.54) is 34.2 Å². The van der Waals surface area contributed by atoms with E-state index in [2.05, 4.69) is 43.2 Å². The Morgan fingerprint density at radius 2 is 1.14 bits per heavy atom. The fourth-order valence-corrected chi connectivity index (χ4v) is 78.7. The molecule has 0 amide bonds. The van der Waals surface area contributed by atoms with Crippen LogP contribution in [-0.2, 0) is 0 Å². The van der Waals surface area contributed by atoms with Crippen molar-refractivity contribution < 1.29 is 0 Å². The van der Waals surface area contributed by atoms with E-state index in [1.54, 1.807) is 0 Å². The zero-order valence-corrected chi connectivity index (χ0v) is 16.9. The first-order valence-corrected chi connectivity index (χ1v) is 22.3. The van der Waals surface area contributed by atoms with Gasteiger partial charge in [0.15, 0.2) is 0 Å². The summed E-state index contributed by atoms with van der Waals surface area (Å²) < 4.78 is 3.13. The highest BCUT2D eigenvalue weighted by molar-refractivity contribution is 7.80. The maximum atomic E-state index is 3.13. The van der Waals surface area contributed by atoms with Crippen molar-refractivity contribution in [2.75, 3.05) is 0 Å². The second-order valence-corrected chi connectivity index (χ2v) is 34.9. The molecule has 1 heterocycles. The third kappa shape index (κ3) is 3.50. The van der Waals surface area contributed by atoms with Crippen LogP contribution in [0.1, 0.15) is 0 Å². The summed E-state index contributed by atoms with van der Waals surface area (Å²) in [5.41, 5.74) is 0. The molecular weight excluding hydrogens is 283 g/mol. The summed E-state index contributed by atoms with van der Waals surface area (Å²) >= 11 is 0. The Kier molecular flexibility index (Phi) is 4.62. The molecule has 0 aromatic carbocycles. The van der Waals surface area contributed by atoms with E-state index in [0.717, 1.165) is 0 Å². The van der Waals surface area contributed by atoms with Gasteiger partial charge in [0.2, 0.25) is 0 Å². The molecule has 75 valence electrons. The lowest BCUT2D eigenvalue weighted by Crippen LogP contribution is -2.68. The van der Waals surface area contributed by atoms with Crippen molar-refractivity contribution in [3.63, 3.8) is 0 Å². The van der Waals surface area contributed by atoms with Gasteiger partial charge >= 0.3 is 0 Å². The van der Waals surface area contributed by atoms with Gasteiger partial charge in [-0.15, -0.1) is 0 Å². The van der Waals surface area contributed by atoms with Crippen LogP contribution in [0.5, 0.6) is 0 Å². The zero-order valence-electron chi connectivity index (χ0n) is 9.95. The van der Waals surface area contributed by atoms with E-state index in [0.29, 0.717) is 0 Å². The summed E-state index contributed by atoms with van der Waals surface area (Å²) in [5.74, 6) is 0. The number of hydrogen-bond donors (Lipinski definition) is 0. The molecule has 1 aliphatic rings. The van der Waals surface area contributed by atoms with Gasteiger partial charge in [0.05, 0.1) is 7.99 Å². The SMILES string of the molecule is C[Si](C)(C)N([Si]1[Si][Si][Si][Si]1)[Si](C)(C)C. The first-order chi connectivity index (χ1) is 6.23. The normalized spacial score (nSPS) is 20.8. The van der Waals surface area contributed by atoms with Crippen LogP contribution in [0.4, 0.5) is 0 Å². The monoisotopic (exact) mass is 300 g/mol. The molecule has 0 aromatic rings. The van der Waals surface area contributed by atoms with Crippen LogP contribution in [0.3, 0.4) is 0 Å². The van der Waals surface area contributed by atoms with Gasteiger partial charge in [0, 0.05) is 34.2 Å². The smallest absolute Gasteiger partial charge is 0.105 e. The van der Waals surface area contributed by atoms with E-state index in [4.69, 9.17) is 0 Å². The van der Waals surface area contributed by atoms with Crippen molar-refractivity contribution in [1.82, 2.24) is 3.90 Å². The lowest BCUT2D eigenvalue weighted by molar-refractivity contribution is 0.960. The molecule has 1 aliphatic heterocycles. The Bertz CT molecular complexity index is 175. The van der Waals surface area contributed by atoms with E-state index in [1.807, 2.05) is 0 Å². The molecule has 0 aromatic heterocycles. The highest BCUT2D eigenvalue weighted by Gasteiger charge is 2.41. The maximum absolute atomic E-state index is 3.13. The Balaban J connectivity index is 2.82. The van der Waals surface area contributed by atoms with Gasteiger partial charge in [-0.2, -0.15) is 0 Å². The molecule has 0 atom stereocenters. The molecule has 1 rings (SSSR count). The molecule has 0 unspecified atom stereocenters. The minimum absolute atomic E-state index is 0.0283. The number of rotatable bonds is 3. The predicted octanol–water partition coefficient (Wildman–Crippen LogP) is 0.518. The van der Waals surface area contributed by atoms with Gasteiger partial charge in [-0.1, -0.05) is 39.3 Å². The molecule has 9 radical (unpaired) electrons. The van der Waals surface area contributed by atoms with Gasteiger partial charge in [0.25, 0.3) is 0 Å². The molecule has 1 fully saturated rings. The van der Waals surface area contributed by atoms with Gasteiger partial charge in [0.1, 0.15) is 16.5 Å². The lowest BCUT2D eigenvalue weighted by atomic mass is 11.8. The van der Waals surface area contributed by atoms with Crippen LogP contribution in [0, 0.1) is 0 Å². The van der Waals surface area contributed by atoms with Crippen molar-refractivity contribution in [2.24, 2.45) is 0 Å². The topological polar surface area (TPSA) is 3.24 Å². The van der Waals surface area contributed by atoms with Crippen molar-refractivity contribution >= 4 is 58.7 Å². The fourth-order valence-electron chi connectivity index (χ4n) is 2.00. The molecule has 0 aliphatic carbocycles. The molecule has 0 spiro atoms. The fraction of sp³-hybridized carbons (Fsp3) is 1.00. The van der Waals surface area contributed by atoms with Gasteiger partial charge < -0.3 is 3.90 Å². The van der Waals surface area contributed by atoms with Gasteiger partial charge in [-0.3, -0.25) is 0 Å². The highest BCUT2D eigenvalue weighted by atomic mass is 30.1. The molecular formula is C6H18NSi7. The van der Waals surface area contributed by atoms with Crippen molar-refractivity contribution in [1.29, 1.82) is 0 Å². The van der Waals surface area contributed by atoms with Crippen LogP contribution in [0.2, 0.25) is 39.3 Å². The average Bonchev–Trinajstić information content (AvgIpc) is 2.31. The number of hydrogen-bond acceptors (Lipinski definition) is 1. The Morgan fingerprint density at radius 1 is 0.786 bits per heavy atom. The van der Waals surface area contributed by atoms with Crippen LogP contribution in [-0.4, -0.2) is 62.6 Å². The summed E-state index contributed by atoms with van der Waals surface area (Å²) in [6, 6.07) is 0. The van der Waals surface area contributed by atoms with Crippen molar-refractivity contribution in [3.8, 4) is 0 Å². The molecule has 0 N–H and O–H groups in total. The molecule has 0 bridgehead atoms. The summed E-state index contributed by atoms with van der Waals surface area (Å²) in [4.78, 5) is 0. The van der Waals surface area contributed by atoms with Crippen LogP contribution in [0.15, 0.2) is 0 Å². The molecule has 0 saturated carbocycles. The standard InChI is InChI=1S/C6H18NSi7/c1-13(2,3)7(14(4,5)6)12-10-8-9-11-12/h1-6H3. The highest BCUT2D eigenvalue weighted by Crippen LogP contribution is 2.21. The van der Waals surface area contributed by atoms with Crippen LogP contribution in [0.25, 0.3) is 0 Å². The van der Waals surface area contributed by atoms with E-state index < -0.39 is 16.5 Å². The minimum Gasteiger partial charge on any atom is -0.375 e. The number of nitrogens with zero attached hydrogens (tertiary/aromatic N) is 1. The van der Waals surface area contributed by atoms with Gasteiger partial charge in [-0.05, 0) is 0 Å². The summed E-state index contributed by atoms with van der Waals surface area (Å²) in [6.45, 7) is 15.3. The molecule has 1 nitrogen and oxygen atoms in total. The first-order valence-electron chi connectivity index (χ1n) is 4.92. The first kappa shape index (κ1) is 13.5.